The van der Waals surface area contributed by atoms with E-state index in [1.54, 1.807) is 17.5 Å². The molecule has 1 aromatic rings. The van der Waals surface area contributed by atoms with Crippen LogP contribution in [0.1, 0.15) is 11.3 Å². The van der Waals surface area contributed by atoms with Crippen LogP contribution >= 0.6 is 11.3 Å². The predicted octanol–water partition coefficient (Wildman–Crippen LogP) is 1.98. The van der Waals surface area contributed by atoms with Gasteiger partial charge in [0.15, 0.2) is 0 Å². The smallest absolute Gasteiger partial charge is 0.261 e. The Balaban J connectivity index is 2.34. The highest BCUT2D eigenvalue weighted by molar-refractivity contribution is 7.10. The predicted molar refractivity (Wildman–Crippen MR) is 44.6 cm³/mol. The zero-order valence-corrected chi connectivity index (χ0v) is 7.20. The number of alkyl halides is 2. The van der Waals surface area contributed by atoms with Gasteiger partial charge in [0.2, 0.25) is 0 Å². The van der Waals surface area contributed by atoms with Gasteiger partial charge >= 0.3 is 0 Å². The van der Waals surface area contributed by atoms with E-state index in [9.17, 15) is 8.78 Å². The summed E-state index contributed by atoms with van der Waals surface area (Å²) in [6.07, 6.45) is -0.0863. The second kappa shape index (κ2) is 2.26. The number of hydrogen-bond acceptors (Lipinski definition) is 2. The summed E-state index contributed by atoms with van der Waals surface area (Å²) in [6.45, 7) is 0.0422. The van der Waals surface area contributed by atoms with E-state index in [1.807, 2.05) is 0 Å². The van der Waals surface area contributed by atoms with Gasteiger partial charge < -0.3 is 5.73 Å². The van der Waals surface area contributed by atoms with Gasteiger partial charge in [-0.15, -0.1) is 11.3 Å². The molecule has 2 rings (SSSR count). The topological polar surface area (TPSA) is 26.0 Å². The summed E-state index contributed by atoms with van der Waals surface area (Å²) in [4.78, 5) is 0.718. The van der Waals surface area contributed by atoms with E-state index in [4.69, 9.17) is 5.73 Å². The molecule has 0 saturated heterocycles. The van der Waals surface area contributed by atoms with Crippen molar-refractivity contribution in [2.24, 2.45) is 5.73 Å². The van der Waals surface area contributed by atoms with Crippen LogP contribution in [0.25, 0.3) is 0 Å². The third-order valence-corrected chi connectivity index (χ3v) is 3.51. The normalized spacial score (nSPS) is 31.9. The molecule has 0 bridgehead atoms. The molecule has 0 amide bonds. The number of rotatable bonds is 2. The molecule has 66 valence electrons. The summed E-state index contributed by atoms with van der Waals surface area (Å²) in [5.41, 5.74) is 4.34. The van der Waals surface area contributed by atoms with Gasteiger partial charge in [-0.2, -0.15) is 0 Å². The van der Waals surface area contributed by atoms with Gasteiger partial charge in [0.1, 0.15) is 0 Å². The third kappa shape index (κ3) is 0.850. The van der Waals surface area contributed by atoms with Gasteiger partial charge in [0.05, 0.1) is 5.41 Å². The van der Waals surface area contributed by atoms with Crippen molar-refractivity contribution < 1.29 is 8.78 Å². The molecule has 1 atom stereocenters. The van der Waals surface area contributed by atoms with Crippen LogP contribution in [-0.4, -0.2) is 12.5 Å². The molecule has 1 aliphatic rings. The van der Waals surface area contributed by atoms with Gasteiger partial charge in [0, 0.05) is 17.8 Å². The van der Waals surface area contributed by atoms with E-state index in [0.717, 1.165) is 4.88 Å². The lowest BCUT2D eigenvalue weighted by atomic mass is 10.1. The molecule has 0 aromatic carbocycles. The maximum absolute atomic E-state index is 12.9. The average Bonchev–Trinajstić information content (AvgIpc) is 2.52. The van der Waals surface area contributed by atoms with E-state index in [-0.39, 0.29) is 13.0 Å². The zero-order valence-electron chi connectivity index (χ0n) is 6.39. The van der Waals surface area contributed by atoms with Crippen molar-refractivity contribution >= 4 is 11.3 Å². The van der Waals surface area contributed by atoms with Gasteiger partial charge in [-0.25, -0.2) is 8.78 Å². The summed E-state index contributed by atoms with van der Waals surface area (Å²) >= 11 is 1.36. The summed E-state index contributed by atoms with van der Waals surface area (Å²) < 4.78 is 25.9. The minimum absolute atomic E-state index is 0.0422. The van der Waals surface area contributed by atoms with Crippen LogP contribution in [0.2, 0.25) is 0 Å². The highest BCUT2D eigenvalue weighted by Gasteiger charge is 2.71. The minimum Gasteiger partial charge on any atom is -0.329 e. The Bertz CT molecular complexity index is 283. The van der Waals surface area contributed by atoms with Crippen LogP contribution in [-0.2, 0) is 5.41 Å². The average molecular weight is 189 g/mol. The Morgan fingerprint density at radius 3 is 2.58 bits per heavy atom. The molecule has 4 heteroatoms. The third-order valence-electron chi connectivity index (χ3n) is 2.44. The van der Waals surface area contributed by atoms with Crippen molar-refractivity contribution in [3.8, 4) is 0 Å². The lowest BCUT2D eigenvalue weighted by molar-refractivity contribution is 0.0904. The van der Waals surface area contributed by atoms with E-state index >= 15 is 0 Å². The van der Waals surface area contributed by atoms with Gasteiger partial charge in [-0.05, 0) is 11.4 Å². The fourth-order valence-electron chi connectivity index (χ4n) is 1.48. The molecule has 2 N–H and O–H groups in total. The Labute approximate surface area is 73.2 Å². The Hall–Kier alpha value is -0.480. The van der Waals surface area contributed by atoms with Crippen LogP contribution in [0.4, 0.5) is 8.78 Å². The molecule has 1 saturated carbocycles. The first-order valence-electron chi connectivity index (χ1n) is 3.74. The molecule has 1 aromatic heterocycles. The Morgan fingerprint density at radius 2 is 2.25 bits per heavy atom. The van der Waals surface area contributed by atoms with Crippen molar-refractivity contribution in [3.05, 3.63) is 22.4 Å². The molecule has 12 heavy (non-hydrogen) atoms. The molecule has 0 aliphatic heterocycles. The van der Waals surface area contributed by atoms with Gasteiger partial charge in [0.25, 0.3) is 5.92 Å². The van der Waals surface area contributed by atoms with Crippen molar-refractivity contribution in [1.82, 2.24) is 0 Å². The highest BCUT2D eigenvalue weighted by atomic mass is 32.1. The second-order valence-electron chi connectivity index (χ2n) is 3.14. The van der Waals surface area contributed by atoms with Crippen LogP contribution in [0.5, 0.6) is 0 Å². The Kier molecular flexibility index (Phi) is 1.53. The Morgan fingerprint density at radius 1 is 1.58 bits per heavy atom. The maximum Gasteiger partial charge on any atom is 0.261 e. The molecule has 1 fully saturated rings. The maximum atomic E-state index is 12.9. The highest BCUT2D eigenvalue weighted by Crippen LogP contribution is 2.61. The molecular formula is C8H9F2NS. The summed E-state index contributed by atoms with van der Waals surface area (Å²) in [7, 11) is 0. The summed E-state index contributed by atoms with van der Waals surface area (Å²) in [5.74, 6) is -2.58. The van der Waals surface area contributed by atoms with Crippen LogP contribution < -0.4 is 5.73 Å². The molecule has 1 nitrogen and oxygen atoms in total. The van der Waals surface area contributed by atoms with Crippen LogP contribution in [0, 0.1) is 0 Å². The number of thiophene rings is 1. The number of hydrogen-bond donors (Lipinski definition) is 1. The van der Waals surface area contributed by atoms with Crippen LogP contribution in [0.15, 0.2) is 17.5 Å². The van der Waals surface area contributed by atoms with Crippen molar-refractivity contribution in [2.45, 2.75) is 17.8 Å². The minimum atomic E-state index is -2.58. The molecule has 0 radical (unpaired) electrons. The van der Waals surface area contributed by atoms with Crippen molar-refractivity contribution in [1.29, 1.82) is 0 Å². The van der Waals surface area contributed by atoms with Crippen molar-refractivity contribution in [2.75, 3.05) is 6.54 Å². The lowest BCUT2D eigenvalue weighted by Gasteiger charge is -2.10. The van der Waals surface area contributed by atoms with Gasteiger partial charge in [-0.1, -0.05) is 6.07 Å². The fraction of sp³-hybridized carbons (Fsp3) is 0.500. The van der Waals surface area contributed by atoms with E-state index in [1.165, 1.54) is 11.3 Å². The van der Waals surface area contributed by atoms with E-state index in [2.05, 4.69) is 0 Å². The first kappa shape index (κ1) is 8.13. The summed E-state index contributed by atoms with van der Waals surface area (Å²) in [6, 6.07) is 3.52. The SMILES string of the molecule is NCC1(c2cccs2)CC1(F)F. The molecule has 1 aliphatic carbocycles. The van der Waals surface area contributed by atoms with Crippen LogP contribution in [0.3, 0.4) is 0 Å². The molecular weight excluding hydrogens is 180 g/mol. The lowest BCUT2D eigenvalue weighted by Crippen LogP contribution is -2.25. The summed E-state index contributed by atoms with van der Waals surface area (Å²) in [5, 5.41) is 1.81. The standard InChI is InChI=1S/C8H9F2NS/c9-8(10)4-7(8,5-11)6-2-1-3-12-6/h1-3H,4-5,11H2. The largest absolute Gasteiger partial charge is 0.329 e. The van der Waals surface area contributed by atoms with Gasteiger partial charge in [-0.3, -0.25) is 0 Å². The molecule has 0 spiro atoms. The molecule has 1 heterocycles. The first-order valence-corrected chi connectivity index (χ1v) is 4.62. The quantitative estimate of drug-likeness (QED) is 0.756. The van der Waals surface area contributed by atoms with E-state index in [0.29, 0.717) is 0 Å². The number of nitrogens with two attached hydrogens (primary N) is 1. The zero-order chi connectivity index (χ0) is 8.82. The van der Waals surface area contributed by atoms with E-state index < -0.39 is 11.3 Å². The first-order chi connectivity index (χ1) is 5.62. The number of halogens is 2. The molecule has 1 unspecified atom stereocenters. The monoisotopic (exact) mass is 189 g/mol. The van der Waals surface area contributed by atoms with Crippen molar-refractivity contribution in [3.63, 3.8) is 0 Å². The second-order valence-corrected chi connectivity index (χ2v) is 4.09. The fourth-order valence-corrected chi connectivity index (χ4v) is 2.47.